The van der Waals surface area contributed by atoms with Gasteiger partial charge in [-0.25, -0.2) is 8.42 Å². The van der Waals surface area contributed by atoms with Gasteiger partial charge in [0.1, 0.15) is 0 Å². The highest BCUT2D eigenvalue weighted by Crippen LogP contribution is 2.01. The lowest BCUT2D eigenvalue weighted by atomic mass is 10.3. The van der Waals surface area contributed by atoms with E-state index in [0.717, 1.165) is 12.8 Å². The van der Waals surface area contributed by atoms with Crippen LogP contribution in [0, 0.1) is 0 Å². The highest BCUT2D eigenvalue weighted by atomic mass is 32.2. The lowest BCUT2D eigenvalue weighted by molar-refractivity contribution is 0.484. The quantitative estimate of drug-likeness (QED) is 0.520. The van der Waals surface area contributed by atoms with E-state index in [9.17, 15) is 16.8 Å². The Balaban J connectivity index is 3.97. The molecule has 0 aliphatic carbocycles. The zero-order chi connectivity index (χ0) is 11.2. The van der Waals surface area contributed by atoms with Crippen molar-refractivity contribution < 1.29 is 21.4 Å². The minimum absolute atomic E-state index is 0.00361. The average molecular weight is 244 g/mol. The first-order chi connectivity index (χ1) is 6.27. The normalized spacial score (nSPS) is 13.0. The van der Waals surface area contributed by atoms with Gasteiger partial charge in [0.15, 0.2) is 9.84 Å². The van der Waals surface area contributed by atoms with Gasteiger partial charge in [0.05, 0.1) is 17.3 Å². The Morgan fingerprint density at radius 2 is 1.50 bits per heavy atom. The van der Waals surface area contributed by atoms with Gasteiger partial charge in [-0.05, 0) is 6.42 Å². The minimum atomic E-state index is -4.17. The maximum Gasteiger partial charge on any atom is 0.265 e. The summed E-state index contributed by atoms with van der Waals surface area (Å²) in [5, 5.41) is 0. The smallest absolute Gasteiger partial charge is 0.265 e. The molecule has 7 heteroatoms. The predicted octanol–water partition coefficient (Wildman–Crippen LogP) is 0.479. The van der Waals surface area contributed by atoms with Crippen molar-refractivity contribution in [3.8, 4) is 0 Å². The molecule has 0 aliphatic rings. The molecular weight excluding hydrogens is 228 g/mol. The van der Waals surface area contributed by atoms with Crippen molar-refractivity contribution in [1.29, 1.82) is 0 Å². The molecule has 0 amide bonds. The lowest BCUT2D eigenvalue weighted by Crippen LogP contribution is -2.19. The van der Waals surface area contributed by atoms with E-state index >= 15 is 0 Å². The van der Waals surface area contributed by atoms with Crippen molar-refractivity contribution in [3.05, 3.63) is 0 Å². The molecular formula is C7H16O5S2. The molecule has 0 bridgehead atoms. The summed E-state index contributed by atoms with van der Waals surface area (Å²) in [5.41, 5.74) is 0. The van der Waals surface area contributed by atoms with Gasteiger partial charge >= 0.3 is 0 Å². The summed E-state index contributed by atoms with van der Waals surface area (Å²) in [7, 11) is -7.49. The Kier molecular flexibility index (Phi) is 5.61. The molecule has 0 radical (unpaired) electrons. The van der Waals surface area contributed by atoms with Crippen molar-refractivity contribution in [1.82, 2.24) is 0 Å². The molecule has 1 N–H and O–H groups in total. The number of hydrogen-bond donors (Lipinski definition) is 1. The second-order valence-corrected chi connectivity index (χ2v) is 7.02. The van der Waals surface area contributed by atoms with Crippen LogP contribution < -0.4 is 0 Å². The number of hydrogen-bond acceptors (Lipinski definition) is 4. The SMILES string of the molecule is CCCCCS(=O)(=O)CCS(=O)(=O)O. The van der Waals surface area contributed by atoms with E-state index in [0.29, 0.717) is 6.42 Å². The Labute approximate surface area is 85.2 Å². The van der Waals surface area contributed by atoms with Crippen LogP contribution in [-0.4, -0.2) is 38.6 Å². The van der Waals surface area contributed by atoms with E-state index in [1.54, 1.807) is 0 Å². The maximum atomic E-state index is 11.2. The molecule has 0 aliphatic heterocycles. The predicted molar refractivity (Wildman–Crippen MR) is 54.6 cm³/mol. The van der Waals surface area contributed by atoms with E-state index in [1.165, 1.54) is 0 Å². The summed E-state index contributed by atoms with van der Waals surface area (Å²) in [5.74, 6) is -1.20. The van der Waals surface area contributed by atoms with Crippen LogP contribution in [0.1, 0.15) is 26.2 Å². The van der Waals surface area contributed by atoms with Gasteiger partial charge in [0, 0.05) is 0 Å². The standard InChI is InChI=1S/C7H16O5S2/c1-2-3-4-5-13(8,9)6-7-14(10,11)12/h2-7H2,1H3,(H,10,11,12). The van der Waals surface area contributed by atoms with Gasteiger partial charge in [0.2, 0.25) is 0 Å². The molecule has 0 spiro atoms. The average Bonchev–Trinajstić information content (AvgIpc) is 2.00. The molecule has 5 nitrogen and oxygen atoms in total. The number of unbranched alkanes of at least 4 members (excludes halogenated alkanes) is 2. The zero-order valence-corrected chi connectivity index (χ0v) is 9.77. The fourth-order valence-corrected chi connectivity index (χ4v) is 3.61. The molecule has 0 aromatic carbocycles. The highest BCUT2D eigenvalue weighted by Gasteiger charge is 2.14. The van der Waals surface area contributed by atoms with Gasteiger partial charge in [-0.3, -0.25) is 4.55 Å². The highest BCUT2D eigenvalue weighted by molar-refractivity contribution is 7.93. The molecule has 0 atom stereocenters. The fraction of sp³-hybridized carbons (Fsp3) is 1.00. The Hall–Kier alpha value is -0.140. The van der Waals surface area contributed by atoms with Crippen LogP contribution in [0.3, 0.4) is 0 Å². The van der Waals surface area contributed by atoms with Crippen LogP contribution in [0.15, 0.2) is 0 Å². The largest absolute Gasteiger partial charge is 0.286 e. The summed E-state index contributed by atoms with van der Waals surface area (Å²) in [6.07, 6.45) is 2.27. The summed E-state index contributed by atoms with van der Waals surface area (Å²) in [6.45, 7) is 1.95. The van der Waals surface area contributed by atoms with Crippen molar-refractivity contribution in [2.75, 3.05) is 17.3 Å². The van der Waals surface area contributed by atoms with E-state index in [2.05, 4.69) is 0 Å². The topological polar surface area (TPSA) is 88.5 Å². The Morgan fingerprint density at radius 1 is 0.929 bits per heavy atom. The molecule has 0 saturated carbocycles. The number of rotatable bonds is 7. The van der Waals surface area contributed by atoms with Crippen molar-refractivity contribution in [3.63, 3.8) is 0 Å². The summed E-state index contributed by atoms with van der Waals surface area (Å²) in [6, 6.07) is 0. The molecule has 0 heterocycles. The fourth-order valence-electron chi connectivity index (χ4n) is 0.906. The zero-order valence-electron chi connectivity index (χ0n) is 8.14. The molecule has 0 rings (SSSR count). The van der Waals surface area contributed by atoms with E-state index in [-0.39, 0.29) is 5.75 Å². The summed E-state index contributed by atoms with van der Waals surface area (Å²) < 4.78 is 51.3. The Morgan fingerprint density at radius 3 is 1.93 bits per heavy atom. The van der Waals surface area contributed by atoms with Crippen molar-refractivity contribution >= 4 is 20.0 Å². The molecule has 86 valence electrons. The van der Waals surface area contributed by atoms with Crippen molar-refractivity contribution in [2.24, 2.45) is 0 Å². The van der Waals surface area contributed by atoms with Gasteiger partial charge in [-0.1, -0.05) is 19.8 Å². The van der Waals surface area contributed by atoms with Crippen LogP contribution in [0.25, 0.3) is 0 Å². The van der Waals surface area contributed by atoms with Crippen molar-refractivity contribution in [2.45, 2.75) is 26.2 Å². The van der Waals surface area contributed by atoms with Gasteiger partial charge in [0.25, 0.3) is 10.1 Å². The molecule has 0 unspecified atom stereocenters. The summed E-state index contributed by atoms with van der Waals surface area (Å²) >= 11 is 0. The van der Waals surface area contributed by atoms with Crippen LogP contribution in [-0.2, 0) is 20.0 Å². The first-order valence-corrected chi connectivity index (χ1v) is 7.85. The van der Waals surface area contributed by atoms with Gasteiger partial charge in [-0.2, -0.15) is 8.42 Å². The number of sulfone groups is 1. The third-order valence-electron chi connectivity index (χ3n) is 1.71. The first kappa shape index (κ1) is 13.9. The van der Waals surface area contributed by atoms with Crippen LogP contribution in [0.2, 0.25) is 0 Å². The summed E-state index contributed by atoms with van der Waals surface area (Å²) in [4.78, 5) is 0. The van der Waals surface area contributed by atoms with Gasteiger partial charge < -0.3 is 0 Å². The molecule has 0 aromatic heterocycles. The van der Waals surface area contributed by atoms with Gasteiger partial charge in [-0.15, -0.1) is 0 Å². The van der Waals surface area contributed by atoms with Crippen LogP contribution >= 0.6 is 0 Å². The molecule has 14 heavy (non-hydrogen) atoms. The second-order valence-electron chi connectivity index (χ2n) is 3.14. The van der Waals surface area contributed by atoms with E-state index in [4.69, 9.17) is 4.55 Å². The molecule has 0 aromatic rings. The molecule has 0 fully saturated rings. The Bertz CT molecular complexity index is 340. The third-order valence-corrected chi connectivity index (χ3v) is 4.43. The van der Waals surface area contributed by atoms with E-state index < -0.39 is 31.5 Å². The first-order valence-electron chi connectivity index (χ1n) is 4.42. The second kappa shape index (κ2) is 5.67. The monoisotopic (exact) mass is 244 g/mol. The van der Waals surface area contributed by atoms with Crippen LogP contribution in [0.4, 0.5) is 0 Å². The van der Waals surface area contributed by atoms with E-state index in [1.807, 2.05) is 6.92 Å². The minimum Gasteiger partial charge on any atom is -0.286 e. The van der Waals surface area contributed by atoms with Crippen LogP contribution in [0.5, 0.6) is 0 Å². The lowest BCUT2D eigenvalue weighted by Gasteiger charge is -2.01. The maximum absolute atomic E-state index is 11.2. The third kappa shape index (κ3) is 8.46. The molecule has 0 saturated heterocycles.